The summed E-state index contributed by atoms with van der Waals surface area (Å²) in [4.78, 5) is 0. The summed E-state index contributed by atoms with van der Waals surface area (Å²) in [5, 5.41) is 12.1. The largest absolute Gasteiger partial charge is 0.256 e. The van der Waals surface area contributed by atoms with Gasteiger partial charge in [0, 0.05) is 11.1 Å². The highest BCUT2D eigenvalue weighted by atomic mass is 32.2. The van der Waals surface area contributed by atoms with Crippen molar-refractivity contribution in [1.82, 2.24) is 9.19 Å². The standard InChI is InChI=1S/C13H10FN3O2S/c14-13-5-9(6-15)1-4-12(13)10-7-16-17(8-10)20(18,19)11-2-3-11/h1,4-5,7-8,11H,2-3H2. The molecule has 0 atom stereocenters. The maximum atomic E-state index is 13.9. The summed E-state index contributed by atoms with van der Waals surface area (Å²) >= 11 is 0. The van der Waals surface area contributed by atoms with Gasteiger partial charge in [-0.05, 0) is 25.0 Å². The Balaban J connectivity index is 2.01. The van der Waals surface area contributed by atoms with Gasteiger partial charge < -0.3 is 0 Å². The number of halogens is 1. The van der Waals surface area contributed by atoms with Gasteiger partial charge in [-0.15, -0.1) is 0 Å². The minimum absolute atomic E-state index is 0.212. The lowest BCUT2D eigenvalue weighted by molar-refractivity contribution is 0.578. The first kappa shape index (κ1) is 12.8. The van der Waals surface area contributed by atoms with E-state index in [1.54, 1.807) is 0 Å². The molecular formula is C13H10FN3O2S. The molecule has 0 aliphatic heterocycles. The van der Waals surface area contributed by atoms with E-state index in [0.717, 1.165) is 10.2 Å². The Morgan fingerprint density at radius 1 is 1.40 bits per heavy atom. The normalized spacial score (nSPS) is 15.0. The highest BCUT2D eigenvalue weighted by molar-refractivity contribution is 7.90. The smallest absolute Gasteiger partial charge is 0.206 e. The number of hydrogen-bond acceptors (Lipinski definition) is 4. The molecule has 2 aromatic rings. The summed E-state index contributed by atoms with van der Waals surface area (Å²) < 4.78 is 38.7. The predicted molar refractivity (Wildman–Crippen MR) is 69.7 cm³/mol. The van der Waals surface area contributed by atoms with Crippen LogP contribution in [0.5, 0.6) is 0 Å². The van der Waals surface area contributed by atoms with Gasteiger partial charge in [0.2, 0.25) is 0 Å². The SMILES string of the molecule is N#Cc1ccc(-c2cnn(S(=O)(=O)C3CC3)c2)c(F)c1. The molecule has 1 aliphatic carbocycles. The lowest BCUT2D eigenvalue weighted by atomic mass is 10.1. The highest BCUT2D eigenvalue weighted by Crippen LogP contribution is 2.31. The van der Waals surface area contributed by atoms with Crippen molar-refractivity contribution in [2.75, 3.05) is 0 Å². The number of nitrogens with zero attached hydrogens (tertiary/aromatic N) is 3. The van der Waals surface area contributed by atoms with Gasteiger partial charge in [0.1, 0.15) is 5.82 Å². The zero-order chi connectivity index (χ0) is 14.3. The van der Waals surface area contributed by atoms with Gasteiger partial charge in [-0.3, -0.25) is 0 Å². The zero-order valence-electron chi connectivity index (χ0n) is 10.3. The van der Waals surface area contributed by atoms with Crippen molar-refractivity contribution in [1.29, 1.82) is 5.26 Å². The fourth-order valence-corrected chi connectivity index (χ4v) is 3.40. The summed E-state index contributed by atoms with van der Waals surface area (Å²) in [6.07, 6.45) is 3.90. The van der Waals surface area contributed by atoms with Crippen molar-refractivity contribution in [2.24, 2.45) is 0 Å². The lowest BCUT2D eigenvalue weighted by Crippen LogP contribution is -2.17. The van der Waals surface area contributed by atoms with Crippen LogP contribution < -0.4 is 0 Å². The molecule has 1 aromatic carbocycles. The van der Waals surface area contributed by atoms with Crippen LogP contribution in [-0.2, 0) is 10.0 Å². The van der Waals surface area contributed by atoms with Crippen LogP contribution in [0.1, 0.15) is 18.4 Å². The first-order chi connectivity index (χ1) is 9.52. The van der Waals surface area contributed by atoms with E-state index in [2.05, 4.69) is 5.10 Å². The molecule has 1 fully saturated rings. The first-order valence-electron chi connectivity index (χ1n) is 6.01. The van der Waals surface area contributed by atoms with E-state index in [1.165, 1.54) is 24.5 Å². The molecule has 0 N–H and O–H groups in total. The second-order valence-electron chi connectivity index (χ2n) is 4.65. The zero-order valence-corrected chi connectivity index (χ0v) is 11.1. The topological polar surface area (TPSA) is 75.8 Å². The van der Waals surface area contributed by atoms with Crippen molar-refractivity contribution in [3.8, 4) is 17.2 Å². The van der Waals surface area contributed by atoms with Crippen LogP contribution in [0.15, 0.2) is 30.6 Å². The lowest BCUT2D eigenvalue weighted by Gasteiger charge is -2.01. The monoisotopic (exact) mass is 291 g/mol. The average molecular weight is 291 g/mol. The molecule has 1 aromatic heterocycles. The number of hydrogen-bond donors (Lipinski definition) is 0. The van der Waals surface area contributed by atoms with Crippen LogP contribution in [0.25, 0.3) is 11.1 Å². The Hall–Kier alpha value is -2.20. The number of benzene rings is 1. The Morgan fingerprint density at radius 2 is 2.15 bits per heavy atom. The summed E-state index contributed by atoms with van der Waals surface area (Å²) in [6, 6.07) is 5.88. The van der Waals surface area contributed by atoms with Gasteiger partial charge in [0.05, 0.1) is 29.3 Å². The molecule has 0 saturated heterocycles. The van der Waals surface area contributed by atoms with E-state index >= 15 is 0 Å². The maximum Gasteiger partial charge on any atom is 0.256 e. The van der Waals surface area contributed by atoms with E-state index in [4.69, 9.17) is 5.26 Å². The van der Waals surface area contributed by atoms with Crippen LogP contribution in [0, 0.1) is 17.1 Å². The van der Waals surface area contributed by atoms with Gasteiger partial charge in [-0.25, -0.2) is 12.8 Å². The van der Waals surface area contributed by atoms with Gasteiger partial charge in [-0.2, -0.15) is 14.4 Å². The fourth-order valence-electron chi connectivity index (χ4n) is 1.92. The third-order valence-corrected chi connectivity index (χ3v) is 5.21. The summed E-state index contributed by atoms with van der Waals surface area (Å²) in [5.41, 5.74) is 0.807. The van der Waals surface area contributed by atoms with Crippen molar-refractivity contribution in [3.05, 3.63) is 42.0 Å². The van der Waals surface area contributed by atoms with Gasteiger partial charge in [0.15, 0.2) is 0 Å². The van der Waals surface area contributed by atoms with Crippen LogP contribution in [0.4, 0.5) is 4.39 Å². The molecule has 1 heterocycles. The minimum Gasteiger partial charge on any atom is -0.206 e. The van der Waals surface area contributed by atoms with Crippen molar-refractivity contribution in [2.45, 2.75) is 18.1 Å². The Labute approximate surface area is 115 Å². The first-order valence-corrected chi connectivity index (χ1v) is 7.52. The highest BCUT2D eigenvalue weighted by Gasteiger charge is 2.37. The Kier molecular flexibility index (Phi) is 2.83. The van der Waals surface area contributed by atoms with Gasteiger partial charge in [0.25, 0.3) is 10.0 Å². The Bertz CT molecular complexity index is 816. The second kappa shape index (κ2) is 4.42. The van der Waals surface area contributed by atoms with Crippen molar-refractivity contribution >= 4 is 10.0 Å². The molecule has 102 valence electrons. The third kappa shape index (κ3) is 2.08. The molecule has 5 nitrogen and oxygen atoms in total. The predicted octanol–water partition coefficient (Wildman–Crippen LogP) is 1.90. The van der Waals surface area contributed by atoms with Crippen molar-refractivity contribution in [3.63, 3.8) is 0 Å². The molecule has 1 saturated carbocycles. The molecule has 1 aliphatic rings. The summed E-state index contributed by atoms with van der Waals surface area (Å²) in [7, 11) is -3.45. The number of rotatable bonds is 3. The summed E-state index contributed by atoms with van der Waals surface area (Å²) in [6.45, 7) is 0. The van der Waals surface area contributed by atoms with E-state index in [1.807, 2.05) is 6.07 Å². The fraction of sp³-hybridized carbons (Fsp3) is 0.231. The molecule has 0 spiro atoms. The van der Waals surface area contributed by atoms with E-state index in [9.17, 15) is 12.8 Å². The molecular weight excluding hydrogens is 281 g/mol. The maximum absolute atomic E-state index is 13.9. The van der Waals surface area contributed by atoms with E-state index in [0.29, 0.717) is 18.4 Å². The number of nitriles is 1. The van der Waals surface area contributed by atoms with Crippen LogP contribution >= 0.6 is 0 Å². The van der Waals surface area contributed by atoms with E-state index < -0.39 is 15.8 Å². The quantitative estimate of drug-likeness (QED) is 0.865. The van der Waals surface area contributed by atoms with Crippen LogP contribution in [0.2, 0.25) is 0 Å². The molecule has 7 heteroatoms. The molecule has 0 bridgehead atoms. The van der Waals surface area contributed by atoms with Crippen molar-refractivity contribution < 1.29 is 12.8 Å². The molecule has 0 radical (unpaired) electrons. The molecule has 0 unspecified atom stereocenters. The average Bonchev–Trinajstić information content (AvgIpc) is 3.17. The molecule has 0 amide bonds. The molecule has 3 rings (SSSR count). The van der Waals surface area contributed by atoms with Gasteiger partial charge >= 0.3 is 0 Å². The van der Waals surface area contributed by atoms with Crippen LogP contribution in [0.3, 0.4) is 0 Å². The van der Waals surface area contributed by atoms with Gasteiger partial charge in [-0.1, -0.05) is 6.07 Å². The third-order valence-electron chi connectivity index (χ3n) is 3.18. The minimum atomic E-state index is -3.45. The number of aromatic nitrogens is 2. The van der Waals surface area contributed by atoms with E-state index in [-0.39, 0.29) is 16.4 Å². The van der Waals surface area contributed by atoms with Crippen LogP contribution in [-0.4, -0.2) is 22.9 Å². The Morgan fingerprint density at radius 3 is 2.75 bits per heavy atom. The molecule has 20 heavy (non-hydrogen) atoms. The second-order valence-corrected chi connectivity index (χ2v) is 6.72. The summed E-state index contributed by atoms with van der Waals surface area (Å²) in [5.74, 6) is -0.576.